The number of pyridine rings is 1. The third kappa shape index (κ3) is 6.32. The maximum absolute atomic E-state index is 12.5. The zero-order chi connectivity index (χ0) is 27.1. The molecule has 1 fully saturated rings. The van der Waals surface area contributed by atoms with Gasteiger partial charge in [-0.3, -0.25) is 19.7 Å². The second-order valence-corrected chi connectivity index (χ2v) is 10.0. The van der Waals surface area contributed by atoms with Gasteiger partial charge in [0.2, 0.25) is 12.3 Å². The number of carbonyl (C=O) groups is 1. The van der Waals surface area contributed by atoms with E-state index in [9.17, 15) is 9.90 Å². The molecule has 2 N–H and O–H groups in total. The first-order valence-electron chi connectivity index (χ1n) is 12.9. The maximum Gasteiger partial charge on any atom is 0.223 e. The van der Waals surface area contributed by atoms with Crippen LogP contribution < -0.4 is 14.4 Å². The van der Waals surface area contributed by atoms with Crippen molar-refractivity contribution in [1.82, 2.24) is 25.0 Å². The van der Waals surface area contributed by atoms with Crippen molar-refractivity contribution < 1.29 is 19.4 Å². The molecule has 4 rings (SSSR count). The van der Waals surface area contributed by atoms with Crippen LogP contribution in [-0.4, -0.2) is 95.6 Å². The Bertz CT molecular complexity index is 1180. The highest BCUT2D eigenvalue weighted by molar-refractivity contribution is 5.76. The van der Waals surface area contributed by atoms with Crippen LogP contribution in [0.15, 0.2) is 48.8 Å². The summed E-state index contributed by atoms with van der Waals surface area (Å²) in [6, 6.07) is 11.8. The SMILES string of the molecule is COc1cccc(CN(C)C2(CN(C=O)c3ccc(-c4cn[nH]c4)c(OC)n3)CCN(CC(C)O)CC2)c1. The Labute approximate surface area is 224 Å². The lowest BCUT2D eigenvalue weighted by molar-refractivity contribution is -0.108. The number of rotatable bonds is 12. The molecule has 1 aromatic carbocycles. The first-order chi connectivity index (χ1) is 18.4. The molecule has 1 amide bonds. The molecule has 1 aliphatic heterocycles. The predicted octanol–water partition coefficient (Wildman–Crippen LogP) is 2.80. The highest BCUT2D eigenvalue weighted by atomic mass is 16.5. The minimum absolute atomic E-state index is 0.294. The fourth-order valence-corrected chi connectivity index (χ4v) is 5.25. The van der Waals surface area contributed by atoms with Crippen molar-refractivity contribution in [3.63, 3.8) is 0 Å². The van der Waals surface area contributed by atoms with E-state index in [4.69, 9.17) is 9.47 Å². The van der Waals surface area contributed by atoms with Gasteiger partial charge in [-0.05, 0) is 56.6 Å². The van der Waals surface area contributed by atoms with Crippen molar-refractivity contribution in [2.24, 2.45) is 0 Å². The molecule has 0 spiro atoms. The Balaban J connectivity index is 1.61. The molecule has 0 bridgehead atoms. The molecule has 0 radical (unpaired) electrons. The molecular formula is C28H38N6O4. The summed E-state index contributed by atoms with van der Waals surface area (Å²) in [5, 5.41) is 16.7. The molecule has 0 aliphatic carbocycles. The van der Waals surface area contributed by atoms with Crippen molar-refractivity contribution in [2.45, 2.75) is 38.0 Å². The van der Waals surface area contributed by atoms with E-state index in [1.165, 1.54) is 0 Å². The van der Waals surface area contributed by atoms with Crippen LogP contribution in [0.5, 0.6) is 11.6 Å². The Morgan fingerprint density at radius 2 is 2.00 bits per heavy atom. The van der Waals surface area contributed by atoms with E-state index in [0.29, 0.717) is 31.3 Å². The van der Waals surface area contributed by atoms with E-state index in [1.807, 2.05) is 37.3 Å². The first kappa shape index (κ1) is 27.6. The number of hydrogen-bond acceptors (Lipinski definition) is 8. The zero-order valence-electron chi connectivity index (χ0n) is 22.6. The number of nitrogens with one attached hydrogen (secondary N) is 1. The molecular weight excluding hydrogens is 484 g/mol. The first-order valence-corrected chi connectivity index (χ1v) is 12.9. The molecule has 1 atom stereocenters. The van der Waals surface area contributed by atoms with Crippen LogP contribution in [0.3, 0.4) is 0 Å². The molecule has 1 aliphatic rings. The Kier molecular flexibility index (Phi) is 8.98. The normalized spacial score (nSPS) is 16.3. The molecule has 10 nitrogen and oxygen atoms in total. The second-order valence-electron chi connectivity index (χ2n) is 10.0. The smallest absolute Gasteiger partial charge is 0.223 e. The van der Waals surface area contributed by atoms with Gasteiger partial charge in [-0.25, -0.2) is 0 Å². The monoisotopic (exact) mass is 522 g/mol. The number of ether oxygens (including phenoxy) is 2. The van der Waals surface area contributed by atoms with E-state index in [-0.39, 0.29) is 11.6 Å². The largest absolute Gasteiger partial charge is 0.497 e. The fraction of sp³-hybridized carbons (Fsp3) is 0.464. The Hall–Kier alpha value is -3.47. The number of carbonyl (C=O) groups excluding carboxylic acids is 1. The molecule has 3 heterocycles. The number of nitrogens with zero attached hydrogens (tertiary/aromatic N) is 5. The average Bonchev–Trinajstić information content (AvgIpc) is 3.47. The molecule has 38 heavy (non-hydrogen) atoms. The molecule has 3 aromatic rings. The summed E-state index contributed by atoms with van der Waals surface area (Å²) in [6.45, 7) is 5.29. The van der Waals surface area contributed by atoms with Crippen molar-refractivity contribution in [3.05, 3.63) is 54.4 Å². The number of β-amino-alcohol motifs (C(OH)–C–C–N with tert-alkyl or cyclic N) is 1. The highest BCUT2D eigenvalue weighted by Crippen LogP contribution is 2.34. The maximum atomic E-state index is 12.5. The van der Waals surface area contributed by atoms with Crippen LogP contribution in [0.1, 0.15) is 25.3 Å². The minimum atomic E-state index is -0.381. The number of piperidine rings is 1. The number of anilines is 1. The van der Waals surface area contributed by atoms with Gasteiger partial charge < -0.3 is 19.5 Å². The highest BCUT2D eigenvalue weighted by Gasteiger charge is 2.40. The number of aliphatic hydroxyl groups excluding tert-OH is 1. The number of aliphatic hydroxyl groups is 1. The van der Waals surface area contributed by atoms with Crippen LogP contribution in [0, 0.1) is 0 Å². The number of benzene rings is 1. The van der Waals surface area contributed by atoms with Crippen molar-refractivity contribution in [2.75, 3.05) is 52.3 Å². The summed E-state index contributed by atoms with van der Waals surface area (Å²) >= 11 is 0. The number of likely N-dealkylation sites (N-methyl/N-ethyl adjacent to an activating group) is 1. The summed E-state index contributed by atoms with van der Waals surface area (Å²) in [5.41, 5.74) is 2.50. The fourth-order valence-electron chi connectivity index (χ4n) is 5.25. The van der Waals surface area contributed by atoms with Gasteiger partial charge in [0.25, 0.3) is 0 Å². The number of H-pyrrole nitrogens is 1. The average molecular weight is 523 g/mol. The van der Waals surface area contributed by atoms with Gasteiger partial charge in [0, 0.05) is 55.6 Å². The lowest BCUT2D eigenvalue weighted by Gasteiger charge is -2.49. The Morgan fingerprint density at radius 3 is 2.63 bits per heavy atom. The number of methoxy groups -OCH3 is 2. The van der Waals surface area contributed by atoms with Crippen LogP contribution in [0.2, 0.25) is 0 Å². The van der Waals surface area contributed by atoms with E-state index in [1.54, 1.807) is 31.5 Å². The summed E-state index contributed by atoms with van der Waals surface area (Å²) in [5.74, 6) is 1.78. The van der Waals surface area contributed by atoms with E-state index in [0.717, 1.165) is 54.8 Å². The second kappa shape index (κ2) is 12.4. The van der Waals surface area contributed by atoms with Crippen molar-refractivity contribution >= 4 is 12.2 Å². The topological polar surface area (TPSA) is 107 Å². The zero-order valence-corrected chi connectivity index (χ0v) is 22.6. The Morgan fingerprint density at radius 1 is 1.21 bits per heavy atom. The van der Waals surface area contributed by atoms with Gasteiger partial charge in [0.05, 0.1) is 26.5 Å². The molecule has 10 heteroatoms. The molecule has 0 saturated carbocycles. The molecule has 2 aromatic heterocycles. The van der Waals surface area contributed by atoms with Crippen LogP contribution in [-0.2, 0) is 11.3 Å². The van der Waals surface area contributed by atoms with Gasteiger partial charge in [0.1, 0.15) is 11.6 Å². The lowest BCUT2D eigenvalue weighted by Crippen LogP contribution is -2.59. The van der Waals surface area contributed by atoms with Gasteiger partial charge in [-0.2, -0.15) is 10.1 Å². The standard InChI is InChI=1S/C28H38N6O4/c1-21(36)17-33-12-10-28(11-13-33,32(2)18-22-6-5-7-24(14-22)37-3)19-34(20-35)26-9-8-25(27(31-26)38-4)23-15-29-30-16-23/h5-9,14-16,20-21,36H,10-13,17-19H2,1-4H3,(H,29,30). The van der Waals surface area contributed by atoms with Crippen LogP contribution in [0.25, 0.3) is 11.1 Å². The molecule has 1 unspecified atom stereocenters. The van der Waals surface area contributed by atoms with Crippen molar-refractivity contribution in [1.29, 1.82) is 0 Å². The number of likely N-dealkylation sites (tertiary alicyclic amines) is 1. The number of amides is 1. The summed E-state index contributed by atoms with van der Waals surface area (Å²) in [7, 11) is 5.36. The van der Waals surface area contributed by atoms with Gasteiger partial charge in [-0.15, -0.1) is 0 Å². The predicted molar refractivity (Wildman–Crippen MR) is 146 cm³/mol. The van der Waals surface area contributed by atoms with Gasteiger partial charge in [0.15, 0.2) is 0 Å². The van der Waals surface area contributed by atoms with E-state index in [2.05, 4.69) is 38.1 Å². The van der Waals surface area contributed by atoms with E-state index >= 15 is 0 Å². The van der Waals surface area contributed by atoms with Gasteiger partial charge >= 0.3 is 0 Å². The third-order valence-electron chi connectivity index (χ3n) is 7.41. The lowest BCUT2D eigenvalue weighted by atomic mass is 9.84. The van der Waals surface area contributed by atoms with Crippen molar-refractivity contribution in [3.8, 4) is 22.8 Å². The quantitative estimate of drug-likeness (QED) is 0.350. The van der Waals surface area contributed by atoms with Crippen LogP contribution >= 0.6 is 0 Å². The summed E-state index contributed by atoms with van der Waals surface area (Å²) < 4.78 is 11.0. The number of aromatic nitrogens is 3. The number of aromatic amines is 1. The molecule has 1 saturated heterocycles. The molecule has 204 valence electrons. The summed E-state index contributed by atoms with van der Waals surface area (Å²) in [6.07, 6.45) is 5.64. The third-order valence-corrected chi connectivity index (χ3v) is 7.41. The summed E-state index contributed by atoms with van der Waals surface area (Å²) in [4.78, 5) is 23.5. The van der Waals surface area contributed by atoms with Crippen LogP contribution in [0.4, 0.5) is 5.82 Å². The van der Waals surface area contributed by atoms with Gasteiger partial charge in [-0.1, -0.05) is 12.1 Å². The van der Waals surface area contributed by atoms with E-state index < -0.39 is 0 Å². The minimum Gasteiger partial charge on any atom is -0.497 e. The number of hydrogen-bond donors (Lipinski definition) is 2.